The summed E-state index contributed by atoms with van der Waals surface area (Å²) in [6.45, 7) is 1.12. The number of aromatic nitrogens is 4. The van der Waals surface area contributed by atoms with Gasteiger partial charge in [-0.25, -0.2) is 4.98 Å². The maximum atomic E-state index is 14.4. The first kappa shape index (κ1) is 28.4. The van der Waals surface area contributed by atoms with E-state index in [1.807, 2.05) is 23.7 Å². The molecule has 2 aliphatic carbocycles. The average molecular weight is 597 g/mol. The number of alkyl halides is 3. The van der Waals surface area contributed by atoms with Crippen LogP contribution in [0, 0.1) is 11.8 Å². The Morgan fingerprint density at radius 2 is 1.91 bits per heavy atom. The number of hydrogen-bond acceptors (Lipinski definition) is 7. The van der Waals surface area contributed by atoms with Crippen molar-refractivity contribution in [3.05, 3.63) is 69.9 Å². The van der Waals surface area contributed by atoms with Crippen LogP contribution < -0.4 is 10.2 Å². The Balaban J connectivity index is 1.26. The summed E-state index contributed by atoms with van der Waals surface area (Å²) in [5.41, 5.74) is 1.09. The Bertz CT molecular complexity index is 1530. The normalized spacial score (nSPS) is 20.6. The van der Waals surface area contributed by atoms with Crippen LogP contribution in [-0.4, -0.2) is 57.1 Å². The van der Waals surface area contributed by atoms with Crippen LogP contribution in [0.25, 0.3) is 0 Å². The minimum Gasteiger partial charge on any atom is -0.394 e. The predicted molar refractivity (Wildman–Crippen MR) is 150 cm³/mol. The van der Waals surface area contributed by atoms with Gasteiger partial charge in [0.15, 0.2) is 0 Å². The van der Waals surface area contributed by atoms with E-state index in [0.29, 0.717) is 31.5 Å². The summed E-state index contributed by atoms with van der Waals surface area (Å²) in [6.07, 6.45) is 2.20. The molecule has 3 aromatic rings. The van der Waals surface area contributed by atoms with Crippen molar-refractivity contribution in [3.8, 4) is 0 Å². The fraction of sp³-hybridized carbons (Fsp3) is 0.548. The Labute approximate surface area is 247 Å². The van der Waals surface area contributed by atoms with Crippen LogP contribution in [0.15, 0.2) is 30.6 Å². The molecule has 12 heteroatoms. The maximum Gasteiger partial charge on any atom is 0.416 e. The van der Waals surface area contributed by atoms with Gasteiger partial charge in [0.1, 0.15) is 18.0 Å². The molecule has 4 heterocycles. The van der Waals surface area contributed by atoms with E-state index in [-0.39, 0.29) is 47.6 Å². The number of halogens is 3. The quantitative estimate of drug-likeness (QED) is 0.356. The summed E-state index contributed by atoms with van der Waals surface area (Å²) < 4.78 is 50.7. The maximum absolute atomic E-state index is 14.4. The lowest BCUT2D eigenvalue weighted by Crippen LogP contribution is -2.35. The smallest absolute Gasteiger partial charge is 0.394 e. The van der Waals surface area contributed by atoms with Gasteiger partial charge in [0, 0.05) is 30.1 Å². The average Bonchev–Trinajstić information content (AvgIpc) is 3.62. The van der Waals surface area contributed by atoms with E-state index >= 15 is 0 Å². The monoisotopic (exact) mass is 596 g/mol. The van der Waals surface area contributed by atoms with Crippen molar-refractivity contribution in [2.75, 3.05) is 31.3 Å². The van der Waals surface area contributed by atoms with Crippen molar-refractivity contribution in [1.82, 2.24) is 25.1 Å². The van der Waals surface area contributed by atoms with Crippen LogP contribution >= 0.6 is 0 Å². The number of aliphatic hydroxyl groups excluding tert-OH is 1. The SMILES string of the molecule is Cn1cnnc1[C@H](c1cc(C2CC2)nc(N2Cc3c(cc([C@H](CO)NCC4CCC4)cc3C(F)(F)F)C2=O)c1)C1COC1. The highest BCUT2D eigenvalue weighted by Crippen LogP contribution is 2.45. The third-order valence-corrected chi connectivity index (χ3v) is 9.48. The molecule has 2 aliphatic heterocycles. The van der Waals surface area contributed by atoms with E-state index < -0.39 is 23.7 Å². The van der Waals surface area contributed by atoms with Gasteiger partial charge in [-0.15, -0.1) is 10.2 Å². The number of rotatable bonds is 10. The molecule has 4 aliphatic rings. The van der Waals surface area contributed by atoms with E-state index in [2.05, 4.69) is 15.5 Å². The molecule has 0 spiro atoms. The zero-order valence-electron chi connectivity index (χ0n) is 24.0. The largest absolute Gasteiger partial charge is 0.416 e. The van der Waals surface area contributed by atoms with Gasteiger partial charge in [-0.2, -0.15) is 13.2 Å². The lowest BCUT2D eigenvalue weighted by molar-refractivity contribution is -0.138. The van der Waals surface area contributed by atoms with Gasteiger partial charge in [0.05, 0.1) is 43.9 Å². The molecular weight excluding hydrogens is 561 g/mol. The molecule has 2 saturated carbocycles. The molecule has 1 aromatic carbocycles. The van der Waals surface area contributed by atoms with Crippen LogP contribution in [0.3, 0.4) is 0 Å². The van der Waals surface area contributed by atoms with Gasteiger partial charge in [0.25, 0.3) is 5.91 Å². The standard InChI is InChI=1S/C31H35F3N6O3/c1-39-16-36-38-29(39)28(21-14-43-15-21)20-9-25(18-5-6-18)37-27(10-20)40-12-23-22(30(40)42)7-19(8-24(23)31(32,33)34)26(13-41)35-11-17-3-2-4-17/h7-10,16-18,21,26,28,35,41H,2-6,11-15H2,1H3/t26-,28+/m0/s1. The fourth-order valence-corrected chi connectivity index (χ4v) is 6.48. The molecule has 228 valence electrons. The highest BCUT2D eigenvalue weighted by Gasteiger charge is 2.42. The number of anilines is 1. The Kier molecular flexibility index (Phi) is 7.26. The number of carbonyl (C=O) groups excluding carboxylic acids is 1. The van der Waals surface area contributed by atoms with Crippen LogP contribution in [0.1, 0.15) is 94.1 Å². The van der Waals surface area contributed by atoms with Crippen LogP contribution in [0.4, 0.5) is 19.0 Å². The van der Waals surface area contributed by atoms with E-state index in [1.165, 1.54) is 11.0 Å². The van der Waals surface area contributed by atoms with Crippen molar-refractivity contribution in [2.45, 2.75) is 62.7 Å². The second-order valence-electron chi connectivity index (χ2n) is 12.5. The number of benzene rings is 1. The molecule has 2 atom stereocenters. The van der Waals surface area contributed by atoms with Crippen molar-refractivity contribution in [1.29, 1.82) is 0 Å². The van der Waals surface area contributed by atoms with Gasteiger partial charge < -0.3 is 19.7 Å². The summed E-state index contributed by atoms with van der Waals surface area (Å²) in [6, 6.07) is 5.77. The first-order valence-corrected chi connectivity index (χ1v) is 15.0. The Hall–Kier alpha value is -3.35. The van der Waals surface area contributed by atoms with Crippen LogP contribution in [-0.2, 0) is 24.5 Å². The molecule has 1 amide bonds. The molecule has 9 nitrogen and oxygen atoms in total. The van der Waals surface area contributed by atoms with Crippen molar-refractivity contribution >= 4 is 11.7 Å². The lowest BCUT2D eigenvalue weighted by Gasteiger charge is -2.34. The molecule has 1 saturated heterocycles. The van der Waals surface area contributed by atoms with Gasteiger partial charge in [-0.05, 0) is 79.1 Å². The summed E-state index contributed by atoms with van der Waals surface area (Å²) in [7, 11) is 1.88. The molecule has 0 unspecified atom stereocenters. The predicted octanol–water partition coefficient (Wildman–Crippen LogP) is 4.47. The number of ether oxygens (including phenoxy) is 1. The minimum absolute atomic E-state index is 0.00568. The third kappa shape index (κ3) is 5.33. The van der Waals surface area contributed by atoms with Crippen molar-refractivity contribution in [2.24, 2.45) is 18.9 Å². The number of aliphatic hydroxyl groups is 1. The first-order valence-electron chi connectivity index (χ1n) is 15.0. The Morgan fingerprint density at radius 3 is 2.49 bits per heavy atom. The molecular formula is C31H35F3N6O3. The Morgan fingerprint density at radius 1 is 1.12 bits per heavy atom. The molecule has 0 radical (unpaired) electrons. The van der Waals surface area contributed by atoms with E-state index in [0.717, 1.165) is 55.3 Å². The van der Waals surface area contributed by atoms with E-state index in [4.69, 9.17) is 9.72 Å². The third-order valence-electron chi connectivity index (χ3n) is 9.48. The zero-order valence-corrected chi connectivity index (χ0v) is 24.0. The number of pyridine rings is 1. The second-order valence-corrected chi connectivity index (χ2v) is 12.5. The van der Waals surface area contributed by atoms with Crippen molar-refractivity contribution < 1.29 is 27.8 Å². The second kappa shape index (κ2) is 11.0. The number of fused-ring (bicyclic) bond motifs is 1. The highest BCUT2D eigenvalue weighted by atomic mass is 19.4. The van der Waals surface area contributed by atoms with Crippen LogP contribution in [0.2, 0.25) is 0 Å². The molecule has 3 fully saturated rings. The van der Waals surface area contributed by atoms with Gasteiger partial charge in [-0.3, -0.25) is 9.69 Å². The molecule has 43 heavy (non-hydrogen) atoms. The van der Waals surface area contributed by atoms with E-state index in [1.54, 1.807) is 6.33 Å². The fourth-order valence-electron chi connectivity index (χ4n) is 6.48. The first-order chi connectivity index (χ1) is 20.7. The molecule has 0 bridgehead atoms. The lowest BCUT2D eigenvalue weighted by atomic mass is 9.83. The summed E-state index contributed by atoms with van der Waals surface area (Å²) >= 11 is 0. The number of nitrogens with zero attached hydrogens (tertiary/aromatic N) is 5. The van der Waals surface area contributed by atoms with Gasteiger partial charge >= 0.3 is 6.18 Å². The number of carbonyl (C=O) groups is 1. The molecule has 2 N–H and O–H groups in total. The van der Waals surface area contributed by atoms with Crippen molar-refractivity contribution in [3.63, 3.8) is 0 Å². The van der Waals surface area contributed by atoms with E-state index in [9.17, 15) is 23.1 Å². The topological polar surface area (TPSA) is 105 Å². The number of aryl methyl sites for hydroxylation is 1. The number of hydrogen-bond donors (Lipinski definition) is 2. The molecule has 7 rings (SSSR count). The summed E-state index contributed by atoms with van der Waals surface area (Å²) in [5, 5.41) is 21.8. The van der Waals surface area contributed by atoms with Gasteiger partial charge in [0.2, 0.25) is 0 Å². The van der Waals surface area contributed by atoms with Crippen LogP contribution in [0.5, 0.6) is 0 Å². The zero-order chi connectivity index (χ0) is 29.9. The summed E-state index contributed by atoms with van der Waals surface area (Å²) in [5.74, 6) is 1.27. The van der Waals surface area contributed by atoms with Gasteiger partial charge in [-0.1, -0.05) is 6.42 Å². The minimum atomic E-state index is -4.67. The number of nitrogens with one attached hydrogen (secondary N) is 1. The highest BCUT2D eigenvalue weighted by molar-refractivity contribution is 6.10. The molecule has 2 aromatic heterocycles. The number of amides is 1. The summed E-state index contributed by atoms with van der Waals surface area (Å²) in [4.78, 5) is 20.1.